The lowest BCUT2D eigenvalue weighted by molar-refractivity contribution is -0.121. The molecule has 0 saturated carbocycles. The van der Waals surface area contributed by atoms with Crippen LogP contribution in [0, 0.1) is 0 Å². The zero-order valence-electron chi connectivity index (χ0n) is 14.4. The fourth-order valence-corrected chi connectivity index (χ4v) is 2.17. The number of ether oxygens (including phenoxy) is 2. The van der Waals surface area contributed by atoms with Gasteiger partial charge in [0.1, 0.15) is 11.4 Å². The Balaban J connectivity index is 2.02. The van der Waals surface area contributed by atoms with Crippen LogP contribution in [0.4, 0.5) is 0 Å². The number of nitrogens with one attached hydrogen (secondary N) is 2. The van der Waals surface area contributed by atoms with Crippen LogP contribution in [0.2, 0.25) is 0 Å². The van der Waals surface area contributed by atoms with Crippen molar-refractivity contribution in [3.05, 3.63) is 40.3 Å². The molecular formula is C17H22N4O4. The zero-order valence-corrected chi connectivity index (χ0v) is 14.4. The van der Waals surface area contributed by atoms with E-state index in [1.54, 1.807) is 13.2 Å². The van der Waals surface area contributed by atoms with Crippen molar-refractivity contribution < 1.29 is 14.3 Å². The van der Waals surface area contributed by atoms with Gasteiger partial charge in [-0.05, 0) is 19.1 Å². The fraction of sp³-hybridized carbons (Fsp3) is 0.412. The number of H-pyrrole nitrogens is 1. The molecule has 1 aromatic carbocycles. The van der Waals surface area contributed by atoms with Gasteiger partial charge in [0, 0.05) is 32.1 Å². The maximum absolute atomic E-state index is 12.2. The highest BCUT2D eigenvalue weighted by Crippen LogP contribution is 2.19. The quantitative estimate of drug-likeness (QED) is 0.654. The molecule has 2 aromatic rings. The van der Waals surface area contributed by atoms with Crippen molar-refractivity contribution in [1.29, 1.82) is 0 Å². The molecule has 1 heterocycles. The lowest BCUT2D eigenvalue weighted by Crippen LogP contribution is -2.28. The van der Waals surface area contributed by atoms with E-state index in [4.69, 9.17) is 9.47 Å². The third kappa shape index (κ3) is 5.68. The second-order valence-electron chi connectivity index (χ2n) is 5.25. The maximum atomic E-state index is 12.2. The van der Waals surface area contributed by atoms with Crippen molar-refractivity contribution in [1.82, 2.24) is 20.5 Å². The van der Waals surface area contributed by atoms with Crippen molar-refractivity contribution in [2.45, 2.75) is 19.8 Å². The third-order valence-electron chi connectivity index (χ3n) is 3.40. The van der Waals surface area contributed by atoms with Crippen LogP contribution in [0.25, 0.3) is 11.4 Å². The van der Waals surface area contributed by atoms with E-state index in [-0.39, 0.29) is 30.0 Å². The van der Waals surface area contributed by atoms with Crippen LogP contribution < -0.4 is 15.6 Å². The maximum Gasteiger partial charge on any atom is 0.273 e. The van der Waals surface area contributed by atoms with Gasteiger partial charge < -0.3 is 19.8 Å². The van der Waals surface area contributed by atoms with Gasteiger partial charge in [0.25, 0.3) is 5.56 Å². The molecule has 134 valence electrons. The van der Waals surface area contributed by atoms with Crippen LogP contribution >= 0.6 is 0 Å². The summed E-state index contributed by atoms with van der Waals surface area (Å²) in [6.07, 6.45) is 0.390. The highest BCUT2D eigenvalue weighted by atomic mass is 16.5. The molecule has 1 amide bonds. The van der Waals surface area contributed by atoms with Crippen LogP contribution in [0.1, 0.15) is 19.0 Å². The number of carbonyl (C=O) groups is 1. The normalized spacial score (nSPS) is 10.5. The fourth-order valence-electron chi connectivity index (χ4n) is 2.17. The number of nitrogens with zero attached hydrogens (tertiary/aromatic N) is 2. The number of hydrogen-bond donors (Lipinski definition) is 2. The number of aromatic amines is 1. The number of carbonyl (C=O) groups excluding carboxylic acids is 1. The molecule has 2 rings (SSSR count). The molecule has 0 aliphatic heterocycles. The third-order valence-corrected chi connectivity index (χ3v) is 3.40. The Morgan fingerprint density at radius 3 is 2.88 bits per heavy atom. The number of hydrogen-bond acceptors (Lipinski definition) is 6. The first-order chi connectivity index (χ1) is 12.1. The molecule has 25 heavy (non-hydrogen) atoms. The van der Waals surface area contributed by atoms with Gasteiger partial charge in [-0.3, -0.25) is 9.59 Å². The molecule has 0 radical (unpaired) electrons. The van der Waals surface area contributed by atoms with Gasteiger partial charge in [0.05, 0.1) is 13.2 Å². The smallest absolute Gasteiger partial charge is 0.273 e. The summed E-state index contributed by atoms with van der Waals surface area (Å²) in [4.78, 5) is 26.5. The van der Waals surface area contributed by atoms with Crippen molar-refractivity contribution in [2.24, 2.45) is 0 Å². The molecule has 0 unspecified atom stereocenters. The summed E-state index contributed by atoms with van der Waals surface area (Å²) in [7, 11) is 1.56. The van der Waals surface area contributed by atoms with Gasteiger partial charge in [-0.25, -0.2) is 0 Å². The highest BCUT2D eigenvalue weighted by Gasteiger charge is 2.10. The van der Waals surface area contributed by atoms with Crippen LogP contribution in [-0.4, -0.2) is 48.0 Å². The second-order valence-corrected chi connectivity index (χ2v) is 5.25. The average Bonchev–Trinajstić information content (AvgIpc) is 2.61. The minimum absolute atomic E-state index is 0.160. The van der Waals surface area contributed by atoms with Gasteiger partial charge >= 0.3 is 0 Å². The zero-order chi connectivity index (χ0) is 18.1. The average molecular weight is 346 g/mol. The molecule has 0 bridgehead atoms. The molecule has 0 aliphatic carbocycles. The predicted octanol–water partition coefficient (Wildman–Crippen LogP) is 0.926. The van der Waals surface area contributed by atoms with Gasteiger partial charge in [-0.1, -0.05) is 12.1 Å². The molecule has 0 saturated heterocycles. The summed E-state index contributed by atoms with van der Waals surface area (Å²) >= 11 is 0. The molecule has 8 heteroatoms. The Kier molecular flexibility index (Phi) is 7.09. The summed E-state index contributed by atoms with van der Waals surface area (Å²) in [5, 5.41) is 10.7. The molecule has 0 spiro atoms. The Bertz CT molecular complexity index is 760. The lowest BCUT2D eigenvalue weighted by Gasteiger charge is -2.06. The number of rotatable bonds is 9. The summed E-state index contributed by atoms with van der Waals surface area (Å²) in [5.41, 5.74) is 0.586. The minimum atomic E-state index is -0.350. The van der Waals surface area contributed by atoms with Crippen LogP contribution in [0.3, 0.4) is 0 Å². The lowest BCUT2D eigenvalue weighted by atomic mass is 10.2. The van der Waals surface area contributed by atoms with E-state index in [1.165, 1.54) is 0 Å². The van der Waals surface area contributed by atoms with E-state index in [0.717, 1.165) is 0 Å². The summed E-state index contributed by atoms with van der Waals surface area (Å²) in [5.74, 6) is 0.894. The second kappa shape index (κ2) is 9.53. The van der Waals surface area contributed by atoms with Gasteiger partial charge in [-0.15, -0.1) is 10.2 Å². The first kappa shape index (κ1) is 18.6. The standard InChI is InChI=1S/C17H22N4O4/c1-3-25-13-6-4-5-12(11-13)16-19-17(23)14(20-21-16)7-8-15(22)18-9-10-24-2/h4-6,11H,3,7-10H2,1-2H3,(H,18,22)(H,19,21,23). The first-order valence-electron chi connectivity index (χ1n) is 8.08. The molecule has 2 N–H and O–H groups in total. The topological polar surface area (TPSA) is 106 Å². The van der Waals surface area contributed by atoms with E-state index in [2.05, 4.69) is 20.5 Å². The van der Waals surface area contributed by atoms with Crippen molar-refractivity contribution in [3.63, 3.8) is 0 Å². The van der Waals surface area contributed by atoms with E-state index in [9.17, 15) is 9.59 Å². The largest absolute Gasteiger partial charge is 0.494 e. The summed E-state index contributed by atoms with van der Waals surface area (Å²) < 4.78 is 10.3. The molecular weight excluding hydrogens is 324 g/mol. The molecule has 8 nitrogen and oxygen atoms in total. The molecule has 0 atom stereocenters. The number of benzene rings is 1. The first-order valence-corrected chi connectivity index (χ1v) is 8.08. The molecule has 1 aromatic heterocycles. The summed E-state index contributed by atoms with van der Waals surface area (Å²) in [6, 6.07) is 7.24. The number of aryl methyl sites for hydroxylation is 1. The van der Waals surface area contributed by atoms with E-state index >= 15 is 0 Å². The van der Waals surface area contributed by atoms with E-state index < -0.39 is 0 Å². The predicted molar refractivity (Wildman–Crippen MR) is 92.5 cm³/mol. The Morgan fingerprint density at radius 1 is 1.32 bits per heavy atom. The van der Waals surface area contributed by atoms with Crippen LogP contribution in [0.5, 0.6) is 5.75 Å². The highest BCUT2D eigenvalue weighted by molar-refractivity contribution is 5.76. The summed E-state index contributed by atoms with van der Waals surface area (Å²) in [6.45, 7) is 3.33. The monoisotopic (exact) mass is 346 g/mol. The van der Waals surface area contributed by atoms with Gasteiger partial charge in [-0.2, -0.15) is 0 Å². The number of amides is 1. The van der Waals surface area contributed by atoms with Gasteiger partial charge in [0.2, 0.25) is 5.91 Å². The van der Waals surface area contributed by atoms with Crippen molar-refractivity contribution >= 4 is 5.91 Å². The molecule has 0 fully saturated rings. The van der Waals surface area contributed by atoms with E-state index in [1.807, 2.05) is 25.1 Å². The Labute approximate surface area is 145 Å². The minimum Gasteiger partial charge on any atom is -0.494 e. The Hall–Kier alpha value is -2.74. The number of aromatic nitrogens is 3. The molecule has 0 aliphatic rings. The Morgan fingerprint density at radius 2 is 2.16 bits per heavy atom. The van der Waals surface area contributed by atoms with Crippen molar-refractivity contribution in [3.8, 4) is 17.1 Å². The SMILES string of the molecule is CCOc1cccc(-c2nnc(CCC(=O)NCCOC)c(=O)[nH]2)c1. The van der Waals surface area contributed by atoms with Crippen LogP contribution in [0.15, 0.2) is 29.1 Å². The number of methoxy groups -OCH3 is 1. The van der Waals surface area contributed by atoms with Gasteiger partial charge in [0.15, 0.2) is 5.82 Å². The van der Waals surface area contributed by atoms with Crippen molar-refractivity contribution in [2.75, 3.05) is 26.9 Å². The van der Waals surface area contributed by atoms with Crippen LogP contribution in [-0.2, 0) is 16.0 Å². The van der Waals surface area contributed by atoms with E-state index in [0.29, 0.717) is 36.9 Å².